The van der Waals surface area contributed by atoms with Gasteiger partial charge in [-0.3, -0.25) is 0 Å². The molecule has 182 valence electrons. The van der Waals surface area contributed by atoms with Crippen LogP contribution in [0, 0.1) is 23.4 Å². The Morgan fingerprint density at radius 1 is 0.857 bits per heavy atom. The Morgan fingerprint density at radius 2 is 1.60 bits per heavy atom. The van der Waals surface area contributed by atoms with E-state index in [1.165, 1.54) is 6.07 Å². The van der Waals surface area contributed by atoms with E-state index in [0.717, 1.165) is 36.8 Å². The topological polar surface area (TPSA) is 9.23 Å². The molecule has 4 rings (SSSR count). The normalized spacial score (nSPS) is 18.4. The van der Waals surface area contributed by atoms with Gasteiger partial charge in [0.1, 0.15) is 11.6 Å². The highest BCUT2D eigenvalue weighted by molar-refractivity contribution is 5.73. The molecule has 1 nitrogen and oxygen atoms in total. The molecule has 0 bridgehead atoms. The molecule has 1 aliphatic rings. The minimum atomic E-state index is -0.803. The number of ether oxygens (including phenoxy) is 1. The van der Waals surface area contributed by atoms with Crippen molar-refractivity contribution in [1.29, 1.82) is 0 Å². The fourth-order valence-electron chi connectivity index (χ4n) is 4.86. The lowest BCUT2D eigenvalue weighted by Gasteiger charge is -2.27. The van der Waals surface area contributed by atoms with Crippen LogP contribution in [0.2, 0.25) is 0 Å². The van der Waals surface area contributed by atoms with Crippen molar-refractivity contribution >= 4 is 12.2 Å². The Bertz CT molecular complexity index is 1200. The van der Waals surface area contributed by atoms with Crippen molar-refractivity contribution in [2.75, 3.05) is 6.61 Å². The number of hydrogen-bond donors (Lipinski definition) is 0. The van der Waals surface area contributed by atoms with E-state index in [9.17, 15) is 13.2 Å². The molecule has 0 atom stereocenters. The molecule has 1 saturated carbocycles. The molecule has 0 N–H and O–H groups in total. The van der Waals surface area contributed by atoms with Gasteiger partial charge in [0.2, 0.25) is 0 Å². The third kappa shape index (κ3) is 5.87. The molecule has 1 aliphatic carbocycles. The van der Waals surface area contributed by atoms with Gasteiger partial charge in [-0.05, 0) is 80.2 Å². The van der Waals surface area contributed by atoms with Gasteiger partial charge in [0.25, 0.3) is 0 Å². The Kier molecular flexibility index (Phi) is 8.12. The van der Waals surface area contributed by atoms with Gasteiger partial charge in [-0.2, -0.15) is 0 Å². The third-order valence-electron chi connectivity index (χ3n) is 6.75. The Balaban J connectivity index is 1.46. The lowest BCUT2D eigenvalue weighted by molar-refractivity contribution is 0.338. The molecule has 0 saturated heterocycles. The summed E-state index contributed by atoms with van der Waals surface area (Å²) in [5.74, 6) is -0.782. The summed E-state index contributed by atoms with van der Waals surface area (Å²) in [4.78, 5) is 0. The summed E-state index contributed by atoms with van der Waals surface area (Å²) < 4.78 is 49.5. The molecule has 3 aromatic carbocycles. The molecule has 0 amide bonds. The maximum absolute atomic E-state index is 14.9. The highest BCUT2D eigenvalue weighted by Crippen LogP contribution is 2.38. The summed E-state index contributed by atoms with van der Waals surface area (Å²) in [6.45, 7) is 4.35. The smallest absolute Gasteiger partial charge is 0.166 e. The minimum absolute atomic E-state index is 0.0691. The summed E-state index contributed by atoms with van der Waals surface area (Å²) in [6, 6.07) is 15.5. The Morgan fingerprint density at radius 3 is 2.26 bits per heavy atom. The highest BCUT2D eigenvalue weighted by atomic mass is 19.2. The fourth-order valence-corrected chi connectivity index (χ4v) is 4.86. The number of benzene rings is 3. The molecular weight excluding hydrogens is 445 g/mol. The van der Waals surface area contributed by atoms with E-state index in [2.05, 4.69) is 12.2 Å². The third-order valence-corrected chi connectivity index (χ3v) is 6.75. The van der Waals surface area contributed by atoms with Crippen LogP contribution in [0.5, 0.6) is 5.75 Å². The molecule has 3 aromatic rings. The monoisotopic (exact) mass is 476 g/mol. The number of rotatable bonds is 7. The highest BCUT2D eigenvalue weighted by Gasteiger charge is 2.25. The Hall–Kier alpha value is -3.27. The number of halogens is 3. The molecule has 0 radical (unpaired) electrons. The molecule has 0 heterocycles. The maximum atomic E-state index is 14.9. The van der Waals surface area contributed by atoms with Crippen LogP contribution in [0.15, 0.2) is 66.7 Å². The van der Waals surface area contributed by atoms with Crippen LogP contribution in [-0.4, -0.2) is 6.61 Å². The van der Waals surface area contributed by atoms with Crippen molar-refractivity contribution in [2.45, 2.75) is 45.4 Å². The lowest BCUT2D eigenvalue weighted by atomic mass is 9.78. The first-order chi connectivity index (χ1) is 17.0. The van der Waals surface area contributed by atoms with Gasteiger partial charge in [0.15, 0.2) is 11.6 Å². The van der Waals surface area contributed by atoms with Crippen molar-refractivity contribution in [2.24, 2.45) is 5.92 Å². The summed E-state index contributed by atoms with van der Waals surface area (Å²) in [5, 5.41) is 0. The van der Waals surface area contributed by atoms with Crippen molar-refractivity contribution in [3.05, 3.63) is 101 Å². The standard InChI is InChI=1S/C31H31F3O/c1-3-5-21-6-13-24(14-7-21)28-18-16-25(30(33)31(28)34)15-10-22-8-11-23(12-9-22)27-19-17-26(35-4-2)20-29(27)32/h3,5,8-12,15-21,24H,4,6-7,13-14H2,1-2H3. The second kappa shape index (κ2) is 11.4. The summed E-state index contributed by atoms with van der Waals surface area (Å²) in [6.07, 6.45) is 11.4. The fraction of sp³-hybridized carbons (Fsp3) is 0.290. The maximum Gasteiger partial charge on any atom is 0.166 e. The van der Waals surface area contributed by atoms with Gasteiger partial charge in [-0.25, -0.2) is 13.2 Å². The van der Waals surface area contributed by atoms with Crippen molar-refractivity contribution in [1.82, 2.24) is 0 Å². The van der Waals surface area contributed by atoms with Crippen LogP contribution in [0.1, 0.15) is 62.1 Å². The quantitative estimate of drug-likeness (QED) is 0.244. The van der Waals surface area contributed by atoms with E-state index in [1.807, 2.05) is 38.1 Å². The van der Waals surface area contributed by atoms with Crippen molar-refractivity contribution < 1.29 is 17.9 Å². The van der Waals surface area contributed by atoms with Crippen LogP contribution < -0.4 is 4.74 Å². The van der Waals surface area contributed by atoms with E-state index >= 15 is 0 Å². The first-order valence-corrected chi connectivity index (χ1v) is 12.3. The van der Waals surface area contributed by atoms with Gasteiger partial charge < -0.3 is 4.74 Å². The van der Waals surface area contributed by atoms with Crippen molar-refractivity contribution in [3.63, 3.8) is 0 Å². The van der Waals surface area contributed by atoms with Crippen LogP contribution in [-0.2, 0) is 0 Å². The average Bonchev–Trinajstić information content (AvgIpc) is 2.87. The molecular formula is C31H31F3O. The molecule has 0 aromatic heterocycles. The molecule has 1 fully saturated rings. The first-order valence-electron chi connectivity index (χ1n) is 12.3. The largest absolute Gasteiger partial charge is 0.494 e. The second-order valence-electron chi connectivity index (χ2n) is 9.04. The molecule has 0 aliphatic heterocycles. The van der Waals surface area contributed by atoms with Crippen LogP contribution in [0.3, 0.4) is 0 Å². The van der Waals surface area contributed by atoms with Crippen molar-refractivity contribution in [3.8, 4) is 16.9 Å². The number of allylic oxidation sites excluding steroid dienone is 2. The molecule has 0 unspecified atom stereocenters. The van der Waals surface area contributed by atoms with E-state index in [4.69, 9.17) is 4.74 Å². The molecule has 35 heavy (non-hydrogen) atoms. The average molecular weight is 477 g/mol. The predicted octanol–water partition coefficient (Wildman–Crippen LogP) is 9.19. The Labute approximate surface area is 206 Å². The molecule has 0 spiro atoms. The SMILES string of the molecule is CC=CC1CCC(c2ccc(C=Cc3ccc(-c4ccc(OCC)cc4F)cc3)c(F)c2F)CC1. The minimum Gasteiger partial charge on any atom is -0.494 e. The summed E-state index contributed by atoms with van der Waals surface area (Å²) in [5.41, 5.74) is 2.72. The van der Waals surface area contributed by atoms with E-state index in [-0.39, 0.29) is 17.3 Å². The zero-order valence-electron chi connectivity index (χ0n) is 20.2. The second-order valence-corrected chi connectivity index (χ2v) is 9.04. The summed E-state index contributed by atoms with van der Waals surface area (Å²) >= 11 is 0. The zero-order valence-corrected chi connectivity index (χ0v) is 20.2. The van der Waals surface area contributed by atoms with Gasteiger partial charge in [-0.15, -0.1) is 0 Å². The lowest BCUT2D eigenvalue weighted by Crippen LogP contribution is -2.13. The molecule has 4 heteroatoms. The van der Waals surface area contributed by atoms with Gasteiger partial charge in [0, 0.05) is 17.2 Å². The van der Waals surface area contributed by atoms with Crippen LogP contribution in [0.25, 0.3) is 23.3 Å². The first kappa shape index (κ1) is 24.8. The van der Waals surface area contributed by atoms with E-state index in [1.54, 1.807) is 36.4 Å². The van der Waals surface area contributed by atoms with E-state index in [0.29, 0.717) is 29.4 Å². The summed E-state index contributed by atoms with van der Waals surface area (Å²) in [7, 11) is 0. The van der Waals surface area contributed by atoms with Crippen LogP contribution in [0.4, 0.5) is 13.2 Å². The van der Waals surface area contributed by atoms with Gasteiger partial charge >= 0.3 is 0 Å². The number of hydrogen-bond acceptors (Lipinski definition) is 1. The zero-order chi connectivity index (χ0) is 24.8. The van der Waals surface area contributed by atoms with Gasteiger partial charge in [-0.1, -0.05) is 60.7 Å². The van der Waals surface area contributed by atoms with Gasteiger partial charge in [0.05, 0.1) is 6.61 Å². The van der Waals surface area contributed by atoms with Crippen LogP contribution >= 0.6 is 0 Å². The predicted molar refractivity (Wildman–Crippen MR) is 138 cm³/mol. The van der Waals surface area contributed by atoms with E-state index < -0.39 is 11.6 Å².